The lowest BCUT2D eigenvalue weighted by atomic mass is 9.93. The van der Waals surface area contributed by atoms with E-state index in [-0.39, 0.29) is 5.41 Å². The molecule has 2 N–H and O–H groups in total. The fraction of sp³-hybridized carbons (Fsp3) is 0.500. The van der Waals surface area contributed by atoms with Gasteiger partial charge >= 0.3 is 0 Å². The standard InChI is InChI=1S/C14H20N2OS2/c1-14(2,3)12-9-19-13(16-12)7-15-6-11(17)10-4-5-18-8-10/h4-5,8-9,11,15,17H,6-7H2,1-3H3. The second kappa shape index (κ2) is 6.13. The average molecular weight is 296 g/mol. The summed E-state index contributed by atoms with van der Waals surface area (Å²) in [5, 5.41) is 20.4. The predicted molar refractivity (Wildman–Crippen MR) is 81.8 cm³/mol. The first-order valence-corrected chi connectivity index (χ1v) is 8.15. The lowest BCUT2D eigenvalue weighted by Crippen LogP contribution is -2.21. The van der Waals surface area contributed by atoms with Crippen molar-refractivity contribution in [1.29, 1.82) is 0 Å². The summed E-state index contributed by atoms with van der Waals surface area (Å²) in [6.07, 6.45) is -0.437. The molecular weight excluding hydrogens is 276 g/mol. The maximum absolute atomic E-state index is 9.95. The number of nitrogens with one attached hydrogen (secondary N) is 1. The van der Waals surface area contributed by atoms with Crippen LogP contribution >= 0.6 is 22.7 Å². The van der Waals surface area contributed by atoms with Crippen molar-refractivity contribution in [2.75, 3.05) is 6.54 Å². The highest BCUT2D eigenvalue weighted by Crippen LogP contribution is 2.23. The van der Waals surface area contributed by atoms with Crippen LogP contribution in [0.3, 0.4) is 0 Å². The number of thiophene rings is 1. The van der Waals surface area contributed by atoms with Crippen molar-refractivity contribution in [3.63, 3.8) is 0 Å². The Labute approximate surface area is 122 Å². The smallest absolute Gasteiger partial charge is 0.107 e. The van der Waals surface area contributed by atoms with E-state index in [1.54, 1.807) is 22.7 Å². The van der Waals surface area contributed by atoms with Gasteiger partial charge in [-0.05, 0) is 22.4 Å². The molecule has 104 valence electrons. The Hall–Kier alpha value is -0.750. The van der Waals surface area contributed by atoms with Crippen LogP contribution in [0.4, 0.5) is 0 Å². The Bertz CT molecular complexity index is 500. The van der Waals surface area contributed by atoms with E-state index in [1.807, 2.05) is 16.8 Å². The Morgan fingerprint density at radius 1 is 1.37 bits per heavy atom. The highest BCUT2D eigenvalue weighted by Gasteiger charge is 2.17. The van der Waals surface area contributed by atoms with Crippen molar-refractivity contribution >= 4 is 22.7 Å². The third kappa shape index (κ3) is 4.11. The monoisotopic (exact) mass is 296 g/mol. The second-order valence-electron chi connectivity index (χ2n) is 5.58. The van der Waals surface area contributed by atoms with Gasteiger partial charge in [0.1, 0.15) is 5.01 Å². The Morgan fingerprint density at radius 3 is 2.74 bits per heavy atom. The zero-order valence-electron chi connectivity index (χ0n) is 11.5. The van der Waals surface area contributed by atoms with Gasteiger partial charge < -0.3 is 10.4 Å². The van der Waals surface area contributed by atoms with Gasteiger partial charge in [0, 0.05) is 23.9 Å². The van der Waals surface area contributed by atoms with Gasteiger partial charge in [0.05, 0.1) is 11.8 Å². The molecule has 0 aliphatic heterocycles. The van der Waals surface area contributed by atoms with Gasteiger partial charge in [-0.25, -0.2) is 4.98 Å². The number of hydrogen-bond acceptors (Lipinski definition) is 5. The largest absolute Gasteiger partial charge is 0.387 e. The molecule has 2 rings (SSSR count). The van der Waals surface area contributed by atoms with E-state index in [4.69, 9.17) is 0 Å². The molecule has 0 saturated heterocycles. The molecule has 0 fully saturated rings. The molecule has 0 amide bonds. The normalized spacial score (nSPS) is 13.7. The molecule has 2 aromatic heterocycles. The molecule has 0 aliphatic carbocycles. The molecule has 0 bridgehead atoms. The van der Waals surface area contributed by atoms with Crippen molar-refractivity contribution in [2.24, 2.45) is 0 Å². The first-order valence-electron chi connectivity index (χ1n) is 6.32. The third-order valence-corrected chi connectivity index (χ3v) is 4.41. The molecule has 1 unspecified atom stereocenters. The summed E-state index contributed by atoms with van der Waals surface area (Å²) in [5.74, 6) is 0. The highest BCUT2D eigenvalue weighted by atomic mass is 32.1. The van der Waals surface area contributed by atoms with E-state index in [0.29, 0.717) is 13.1 Å². The molecule has 0 spiro atoms. The summed E-state index contributed by atoms with van der Waals surface area (Å²) < 4.78 is 0. The summed E-state index contributed by atoms with van der Waals surface area (Å²) in [4.78, 5) is 4.62. The number of thiazole rings is 1. The van der Waals surface area contributed by atoms with E-state index < -0.39 is 6.10 Å². The van der Waals surface area contributed by atoms with Gasteiger partial charge in [0.2, 0.25) is 0 Å². The van der Waals surface area contributed by atoms with Gasteiger partial charge in [-0.1, -0.05) is 20.8 Å². The van der Waals surface area contributed by atoms with Crippen LogP contribution in [-0.4, -0.2) is 16.6 Å². The maximum atomic E-state index is 9.95. The quantitative estimate of drug-likeness (QED) is 0.889. The molecule has 5 heteroatoms. The van der Waals surface area contributed by atoms with Crippen molar-refractivity contribution in [2.45, 2.75) is 38.8 Å². The molecular formula is C14H20N2OS2. The van der Waals surface area contributed by atoms with Crippen molar-refractivity contribution in [1.82, 2.24) is 10.3 Å². The van der Waals surface area contributed by atoms with E-state index in [2.05, 4.69) is 36.5 Å². The molecule has 0 saturated carbocycles. The van der Waals surface area contributed by atoms with Crippen molar-refractivity contribution < 1.29 is 5.11 Å². The van der Waals surface area contributed by atoms with E-state index in [9.17, 15) is 5.11 Å². The van der Waals surface area contributed by atoms with Crippen LogP contribution in [0.15, 0.2) is 22.2 Å². The number of aliphatic hydroxyl groups is 1. The number of nitrogens with zero attached hydrogens (tertiary/aromatic N) is 1. The van der Waals surface area contributed by atoms with Crippen molar-refractivity contribution in [3.8, 4) is 0 Å². The van der Waals surface area contributed by atoms with Crippen LogP contribution in [0.2, 0.25) is 0 Å². The lowest BCUT2D eigenvalue weighted by molar-refractivity contribution is 0.175. The highest BCUT2D eigenvalue weighted by molar-refractivity contribution is 7.09. The SMILES string of the molecule is CC(C)(C)c1csc(CNCC(O)c2ccsc2)n1. The van der Waals surface area contributed by atoms with Gasteiger partial charge in [-0.15, -0.1) is 11.3 Å². The molecule has 1 atom stereocenters. The first kappa shape index (κ1) is 14.7. The van der Waals surface area contributed by atoms with Crippen LogP contribution in [-0.2, 0) is 12.0 Å². The lowest BCUT2D eigenvalue weighted by Gasteiger charge is -2.14. The summed E-state index contributed by atoms with van der Waals surface area (Å²) in [6.45, 7) is 7.77. The zero-order valence-corrected chi connectivity index (χ0v) is 13.1. The minimum absolute atomic E-state index is 0.102. The molecule has 2 aromatic rings. The molecule has 3 nitrogen and oxygen atoms in total. The zero-order chi connectivity index (χ0) is 13.9. The maximum Gasteiger partial charge on any atom is 0.107 e. The molecule has 2 heterocycles. The Morgan fingerprint density at radius 2 is 2.16 bits per heavy atom. The summed E-state index contributed by atoms with van der Waals surface area (Å²) in [5.41, 5.74) is 2.21. The fourth-order valence-electron chi connectivity index (χ4n) is 1.63. The Kier molecular flexibility index (Phi) is 4.73. The molecule has 0 radical (unpaired) electrons. The first-order chi connectivity index (χ1) is 8.97. The van der Waals surface area contributed by atoms with E-state index in [1.165, 1.54) is 0 Å². The number of aromatic nitrogens is 1. The Balaban J connectivity index is 1.81. The van der Waals surface area contributed by atoms with Crippen LogP contribution in [0.5, 0.6) is 0 Å². The average Bonchev–Trinajstić information content (AvgIpc) is 2.99. The van der Waals surface area contributed by atoms with E-state index >= 15 is 0 Å². The van der Waals surface area contributed by atoms with Gasteiger partial charge in [0.25, 0.3) is 0 Å². The number of rotatable bonds is 5. The molecule has 19 heavy (non-hydrogen) atoms. The van der Waals surface area contributed by atoms with Crippen LogP contribution in [0.1, 0.15) is 43.1 Å². The number of hydrogen-bond donors (Lipinski definition) is 2. The van der Waals surface area contributed by atoms with Gasteiger partial charge in [-0.2, -0.15) is 11.3 Å². The molecule has 0 aromatic carbocycles. The topological polar surface area (TPSA) is 45.1 Å². The minimum Gasteiger partial charge on any atom is -0.387 e. The summed E-state index contributed by atoms with van der Waals surface area (Å²) in [6, 6.07) is 1.96. The van der Waals surface area contributed by atoms with Gasteiger partial charge in [-0.3, -0.25) is 0 Å². The summed E-state index contributed by atoms with van der Waals surface area (Å²) in [7, 11) is 0. The predicted octanol–water partition coefficient (Wildman–Crippen LogP) is 3.33. The van der Waals surface area contributed by atoms with Gasteiger partial charge in [0.15, 0.2) is 0 Å². The fourth-order valence-corrected chi connectivity index (χ4v) is 3.33. The summed E-state index contributed by atoms with van der Waals surface area (Å²) >= 11 is 3.28. The minimum atomic E-state index is -0.437. The van der Waals surface area contributed by atoms with Crippen LogP contribution < -0.4 is 5.32 Å². The third-order valence-electron chi connectivity index (χ3n) is 2.86. The molecule has 0 aliphatic rings. The van der Waals surface area contributed by atoms with E-state index in [0.717, 1.165) is 16.3 Å². The second-order valence-corrected chi connectivity index (χ2v) is 7.30. The van der Waals surface area contributed by atoms with Crippen LogP contribution in [0, 0.1) is 0 Å². The van der Waals surface area contributed by atoms with Crippen molar-refractivity contribution in [3.05, 3.63) is 38.5 Å². The van der Waals surface area contributed by atoms with Crippen LogP contribution in [0.25, 0.3) is 0 Å². The number of aliphatic hydroxyl groups excluding tert-OH is 1.